The lowest BCUT2D eigenvalue weighted by molar-refractivity contribution is 0.283. The zero-order valence-corrected chi connectivity index (χ0v) is 10.0. The molecular weight excluding hydrogens is 204 g/mol. The quantitative estimate of drug-likeness (QED) is 0.801. The van der Waals surface area contributed by atoms with E-state index in [0.717, 1.165) is 22.3 Å². The molecule has 0 aliphatic carbocycles. The van der Waals surface area contributed by atoms with Gasteiger partial charge in [0.15, 0.2) is 0 Å². The summed E-state index contributed by atoms with van der Waals surface area (Å²) in [6, 6.07) is 1.92. The molecule has 16 heavy (non-hydrogen) atoms. The van der Waals surface area contributed by atoms with Crippen LogP contribution in [0.3, 0.4) is 0 Å². The van der Waals surface area contributed by atoms with E-state index in [-0.39, 0.29) is 12.0 Å². The van der Waals surface area contributed by atoms with Crippen molar-refractivity contribution in [3.63, 3.8) is 0 Å². The fourth-order valence-electron chi connectivity index (χ4n) is 1.69. The maximum Gasteiger partial charge on any atom is 0.258 e. The Hall–Kier alpha value is -1.42. The summed E-state index contributed by atoms with van der Waals surface area (Å²) in [6.45, 7) is 8.05. The van der Waals surface area contributed by atoms with Crippen LogP contribution < -0.4 is 0 Å². The van der Waals surface area contributed by atoms with Crippen molar-refractivity contribution in [2.75, 3.05) is 0 Å². The Kier molecular flexibility index (Phi) is 2.46. The Bertz CT molecular complexity index is 524. The number of pyridine rings is 1. The number of aryl methyl sites for hydroxylation is 1. The minimum absolute atomic E-state index is 0.0237. The third-order valence-electron chi connectivity index (χ3n) is 2.64. The van der Waals surface area contributed by atoms with E-state index in [4.69, 9.17) is 4.52 Å². The van der Waals surface area contributed by atoms with Crippen molar-refractivity contribution < 1.29 is 9.63 Å². The summed E-state index contributed by atoms with van der Waals surface area (Å²) in [5, 5.41) is 14.1. The molecule has 0 spiro atoms. The molecule has 4 nitrogen and oxygen atoms in total. The number of hydrogen-bond acceptors (Lipinski definition) is 4. The summed E-state index contributed by atoms with van der Waals surface area (Å²) in [4.78, 5) is 4.44. The van der Waals surface area contributed by atoms with E-state index in [1.165, 1.54) is 0 Å². The Morgan fingerprint density at radius 2 is 2.06 bits per heavy atom. The summed E-state index contributed by atoms with van der Waals surface area (Å²) in [7, 11) is 0. The van der Waals surface area contributed by atoms with Crippen LogP contribution in [0.2, 0.25) is 0 Å². The van der Waals surface area contributed by atoms with Gasteiger partial charge in [0.1, 0.15) is 0 Å². The van der Waals surface area contributed by atoms with Gasteiger partial charge in [-0.15, -0.1) is 0 Å². The first kappa shape index (κ1) is 11.1. The molecule has 86 valence electrons. The zero-order valence-electron chi connectivity index (χ0n) is 10.0. The minimum atomic E-state index is -0.0706. The van der Waals surface area contributed by atoms with Crippen molar-refractivity contribution >= 4 is 11.1 Å². The van der Waals surface area contributed by atoms with Gasteiger partial charge >= 0.3 is 0 Å². The van der Waals surface area contributed by atoms with Crippen LogP contribution in [-0.2, 0) is 12.0 Å². The van der Waals surface area contributed by atoms with Gasteiger partial charge in [-0.3, -0.25) is 0 Å². The van der Waals surface area contributed by atoms with Gasteiger partial charge in [0.2, 0.25) is 0 Å². The van der Waals surface area contributed by atoms with Crippen LogP contribution in [0.15, 0.2) is 10.6 Å². The topological polar surface area (TPSA) is 59.2 Å². The Labute approximate surface area is 94.3 Å². The van der Waals surface area contributed by atoms with Crippen molar-refractivity contribution in [1.29, 1.82) is 0 Å². The van der Waals surface area contributed by atoms with Gasteiger partial charge in [-0.05, 0) is 18.6 Å². The van der Waals surface area contributed by atoms with Crippen LogP contribution in [0.1, 0.15) is 37.7 Å². The second kappa shape index (κ2) is 3.56. The molecule has 0 aliphatic heterocycles. The summed E-state index contributed by atoms with van der Waals surface area (Å²) >= 11 is 0. The maximum absolute atomic E-state index is 9.37. The van der Waals surface area contributed by atoms with Crippen LogP contribution in [0, 0.1) is 6.92 Å². The largest absolute Gasteiger partial charge is 0.392 e. The molecule has 1 N–H and O–H groups in total. The molecular formula is C12H16N2O2. The summed E-state index contributed by atoms with van der Waals surface area (Å²) in [6.07, 6.45) is 0. The van der Waals surface area contributed by atoms with E-state index in [9.17, 15) is 5.11 Å². The van der Waals surface area contributed by atoms with Gasteiger partial charge in [0.25, 0.3) is 5.71 Å². The predicted octanol–water partition coefficient (Wildman–Crippen LogP) is 2.32. The number of aliphatic hydroxyl groups is 1. The lowest BCUT2D eigenvalue weighted by Gasteiger charge is -2.18. The third-order valence-corrected chi connectivity index (χ3v) is 2.64. The summed E-state index contributed by atoms with van der Waals surface area (Å²) < 4.78 is 5.15. The summed E-state index contributed by atoms with van der Waals surface area (Å²) in [5.41, 5.74) is 2.94. The maximum atomic E-state index is 9.37. The fourth-order valence-corrected chi connectivity index (χ4v) is 1.69. The second-order valence-corrected chi connectivity index (χ2v) is 5.02. The number of aliphatic hydroxyl groups excluding tert-OH is 1. The third kappa shape index (κ3) is 1.69. The first-order valence-electron chi connectivity index (χ1n) is 5.30. The number of fused-ring (bicyclic) bond motifs is 1. The van der Waals surface area contributed by atoms with Crippen molar-refractivity contribution in [3.05, 3.63) is 23.0 Å². The molecule has 0 amide bonds. The normalized spacial score (nSPS) is 12.3. The number of aromatic nitrogens is 2. The molecule has 0 aromatic carbocycles. The molecule has 0 aliphatic rings. The highest BCUT2D eigenvalue weighted by atomic mass is 16.5. The van der Waals surface area contributed by atoms with E-state index < -0.39 is 0 Å². The van der Waals surface area contributed by atoms with E-state index in [1.54, 1.807) is 0 Å². The molecule has 0 saturated heterocycles. The molecule has 0 bridgehead atoms. The number of hydrogen-bond donors (Lipinski definition) is 1. The van der Waals surface area contributed by atoms with E-state index >= 15 is 0 Å². The summed E-state index contributed by atoms with van der Waals surface area (Å²) in [5.74, 6) is 0. The van der Waals surface area contributed by atoms with E-state index in [1.807, 2.05) is 13.0 Å². The van der Waals surface area contributed by atoms with Gasteiger partial charge in [-0.2, -0.15) is 0 Å². The van der Waals surface area contributed by atoms with Crippen molar-refractivity contribution in [1.82, 2.24) is 10.1 Å². The van der Waals surface area contributed by atoms with Gasteiger partial charge in [0.05, 0.1) is 23.4 Å². The highest BCUT2D eigenvalue weighted by Crippen LogP contribution is 2.27. The monoisotopic (exact) mass is 220 g/mol. The lowest BCUT2D eigenvalue weighted by Crippen LogP contribution is -2.14. The molecule has 0 fully saturated rings. The average Bonchev–Trinajstić information content (AvgIpc) is 2.58. The molecule has 0 saturated carbocycles. The Morgan fingerprint density at radius 3 is 2.62 bits per heavy atom. The molecule has 2 heterocycles. The van der Waals surface area contributed by atoms with Crippen LogP contribution in [0.5, 0.6) is 0 Å². The standard InChI is InChI=1S/C12H16N2O2/c1-7-10-8(6-15)5-9(12(2,3)4)13-11(10)16-14-7/h5,15H,6H2,1-4H3. The molecule has 2 rings (SSSR count). The number of nitrogens with zero attached hydrogens (tertiary/aromatic N) is 2. The zero-order chi connectivity index (χ0) is 11.9. The van der Waals surface area contributed by atoms with Gasteiger partial charge < -0.3 is 9.63 Å². The molecule has 0 radical (unpaired) electrons. The molecule has 4 heteroatoms. The predicted molar refractivity (Wildman–Crippen MR) is 61.2 cm³/mol. The van der Waals surface area contributed by atoms with Crippen LogP contribution >= 0.6 is 0 Å². The number of rotatable bonds is 1. The average molecular weight is 220 g/mol. The van der Waals surface area contributed by atoms with Crippen LogP contribution in [-0.4, -0.2) is 15.2 Å². The smallest absolute Gasteiger partial charge is 0.258 e. The van der Waals surface area contributed by atoms with E-state index in [2.05, 4.69) is 30.9 Å². The second-order valence-electron chi connectivity index (χ2n) is 5.02. The molecule has 0 unspecified atom stereocenters. The fraction of sp³-hybridized carbons (Fsp3) is 0.500. The first-order chi connectivity index (χ1) is 7.43. The van der Waals surface area contributed by atoms with Gasteiger partial charge in [-0.25, -0.2) is 4.98 Å². The highest BCUT2D eigenvalue weighted by molar-refractivity contribution is 5.80. The molecule has 0 atom stereocenters. The van der Waals surface area contributed by atoms with Crippen LogP contribution in [0.4, 0.5) is 0 Å². The first-order valence-corrected chi connectivity index (χ1v) is 5.30. The van der Waals surface area contributed by atoms with Crippen molar-refractivity contribution in [2.24, 2.45) is 0 Å². The minimum Gasteiger partial charge on any atom is -0.392 e. The van der Waals surface area contributed by atoms with Gasteiger partial charge in [-0.1, -0.05) is 25.9 Å². The highest BCUT2D eigenvalue weighted by Gasteiger charge is 2.20. The van der Waals surface area contributed by atoms with E-state index in [0.29, 0.717) is 5.71 Å². The van der Waals surface area contributed by atoms with Crippen molar-refractivity contribution in [2.45, 2.75) is 39.7 Å². The Morgan fingerprint density at radius 1 is 1.38 bits per heavy atom. The Balaban J connectivity index is 2.75. The van der Waals surface area contributed by atoms with Crippen LogP contribution in [0.25, 0.3) is 11.1 Å². The SMILES string of the molecule is Cc1noc2nc(C(C)(C)C)cc(CO)c12. The molecule has 2 aromatic rings. The van der Waals surface area contributed by atoms with Gasteiger partial charge in [0, 0.05) is 5.41 Å². The van der Waals surface area contributed by atoms with Crippen molar-refractivity contribution in [3.8, 4) is 0 Å². The molecule has 2 aromatic heterocycles. The lowest BCUT2D eigenvalue weighted by atomic mass is 9.90.